The highest BCUT2D eigenvalue weighted by molar-refractivity contribution is 5.93. The third kappa shape index (κ3) is 4.28. The van der Waals surface area contributed by atoms with E-state index in [2.05, 4.69) is 5.32 Å². The molecule has 0 aliphatic carbocycles. The van der Waals surface area contributed by atoms with Gasteiger partial charge in [0.05, 0.1) is 14.2 Å². The zero-order valence-electron chi connectivity index (χ0n) is 15.0. The van der Waals surface area contributed by atoms with Crippen LogP contribution in [0.3, 0.4) is 0 Å². The number of anilines is 1. The highest BCUT2D eigenvalue weighted by atomic mass is 16.5. The molecule has 1 atom stereocenters. The van der Waals surface area contributed by atoms with Gasteiger partial charge in [-0.2, -0.15) is 0 Å². The maximum absolute atomic E-state index is 12.5. The van der Waals surface area contributed by atoms with Gasteiger partial charge in [-0.05, 0) is 55.2 Å². The van der Waals surface area contributed by atoms with E-state index in [1.165, 1.54) is 0 Å². The topological polar surface area (TPSA) is 47.6 Å². The summed E-state index contributed by atoms with van der Waals surface area (Å²) in [5, 5.41) is 3.03. The Bertz CT molecular complexity index is 725. The van der Waals surface area contributed by atoms with Crippen LogP contribution in [0, 0.1) is 19.8 Å². The van der Waals surface area contributed by atoms with Crippen LogP contribution in [-0.4, -0.2) is 20.1 Å². The largest absolute Gasteiger partial charge is 0.493 e. The summed E-state index contributed by atoms with van der Waals surface area (Å²) >= 11 is 0. The van der Waals surface area contributed by atoms with Gasteiger partial charge in [-0.25, -0.2) is 0 Å². The first-order valence-corrected chi connectivity index (χ1v) is 8.03. The first-order valence-electron chi connectivity index (χ1n) is 8.03. The monoisotopic (exact) mass is 327 g/mol. The van der Waals surface area contributed by atoms with E-state index < -0.39 is 0 Å². The normalized spacial score (nSPS) is 11.7. The number of methoxy groups -OCH3 is 2. The summed E-state index contributed by atoms with van der Waals surface area (Å²) in [6.07, 6.45) is 0.636. The number of nitrogens with one attached hydrogen (secondary N) is 1. The molecule has 0 bridgehead atoms. The SMILES string of the molecule is COc1ccc(CC(C)C(=O)Nc2cc(C)ccc2C)cc1OC. The Morgan fingerprint density at radius 1 is 1.04 bits per heavy atom. The van der Waals surface area contributed by atoms with Crippen molar-refractivity contribution in [1.82, 2.24) is 0 Å². The molecular weight excluding hydrogens is 302 g/mol. The number of amides is 1. The van der Waals surface area contributed by atoms with E-state index in [0.717, 1.165) is 22.4 Å². The van der Waals surface area contributed by atoms with Gasteiger partial charge in [-0.15, -0.1) is 0 Å². The lowest BCUT2D eigenvalue weighted by Crippen LogP contribution is -2.22. The third-order valence-electron chi connectivity index (χ3n) is 4.09. The Labute approximate surface area is 143 Å². The standard InChI is InChI=1S/C20H25NO3/c1-13-6-7-14(2)17(10-13)21-20(22)15(3)11-16-8-9-18(23-4)19(12-16)24-5/h6-10,12,15H,11H2,1-5H3,(H,21,22). The van der Waals surface area contributed by atoms with Gasteiger partial charge in [0, 0.05) is 11.6 Å². The number of carbonyl (C=O) groups is 1. The highest BCUT2D eigenvalue weighted by Crippen LogP contribution is 2.28. The number of benzene rings is 2. The summed E-state index contributed by atoms with van der Waals surface area (Å²) in [4.78, 5) is 12.5. The first-order chi connectivity index (χ1) is 11.4. The predicted molar refractivity (Wildman–Crippen MR) is 97.0 cm³/mol. The van der Waals surface area contributed by atoms with Crippen LogP contribution < -0.4 is 14.8 Å². The van der Waals surface area contributed by atoms with E-state index >= 15 is 0 Å². The average molecular weight is 327 g/mol. The summed E-state index contributed by atoms with van der Waals surface area (Å²) in [5.74, 6) is 1.23. The maximum Gasteiger partial charge on any atom is 0.227 e. The van der Waals surface area contributed by atoms with Crippen molar-refractivity contribution in [2.75, 3.05) is 19.5 Å². The molecule has 4 nitrogen and oxygen atoms in total. The number of hydrogen-bond donors (Lipinski definition) is 1. The molecule has 2 aromatic rings. The zero-order valence-corrected chi connectivity index (χ0v) is 15.0. The van der Waals surface area contributed by atoms with Crippen LogP contribution >= 0.6 is 0 Å². The van der Waals surface area contributed by atoms with Gasteiger partial charge < -0.3 is 14.8 Å². The highest BCUT2D eigenvalue weighted by Gasteiger charge is 2.16. The lowest BCUT2D eigenvalue weighted by Gasteiger charge is -2.15. The molecule has 0 radical (unpaired) electrons. The van der Waals surface area contributed by atoms with Crippen LogP contribution in [0.1, 0.15) is 23.6 Å². The van der Waals surface area contributed by atoms with Gasteiger partial charge in [0.25, 0.3) is 0 Å². The molecule has 0 heterocycles. The van der Waals surface area contributed by atoms with Crippen LogP contribution in [0.25, 0.3) is 0 Å². The number of carbonyl (C=O) groups excluding carboxylic acids is 1. The van der Waals surface area contributed by atoms with Gasteiger partial charge in [0.1, 0.15) is 0 Å². The fraction of sp³-hybridized carbons (Fsp3) is 0.350. The molecule has 0 aliphatic rings. The molecule has 1 N–H and O–H groups in total. The van der Waals surface area contributed by atoms with E-state index in [1.54, 1.807) is 14.2 Å². The second-order valence-electron chi connectivity index (χ2n) is 6.10. The fourth-order valence-corrected chi connectivity index (χ4v) is 2.58. The van der Waals surface area contributed by atoms with Crippen molar-refractivity contribution in [2.24, 2.45) is 5.92 Å². The zero-order chi connectivity index (χ0) is 17.7. The van der Waals surface area contributed by atoms with Crippen molar-refractivity contribution in [3.63, 3.8) is 0 Å². The second-order valence-corrected chi connectivity index (χ2v) is 6.10. The van der Waals surface area contributed by atoms with Crippen LogP contribution in [0.15, 0.2) is 36.4 Å². The van der Waals surface area contributed by atoms with E-state index in [-0.39, 0.29) is 11.8 Å². The summed E-state index contributed by atoms with van der Waals surface area (Å²) in [6, 6.07) is 11.8. The van der Waals surface area contributed by atoms with E-state index in [4.69, 9.17) is 9.47 Å². The minimum atomic E-state index is -0.150. The molecular formula is C20H25NO3. The van der Waals surface area contributed by atoms with Crippen molar-refractivity contribution < 1.29 is 14.3 Å². The molecule has 1 unspecified atom stereocenters. The Morgan fingerprint density at radius 2 is 1.75 bits per heavy atom. The Morgan fingerprint density at radius 3 is 2.42 bits per heavy atom. The average Bonchev–Trinajstić information content (AvgIpc) is 2.57. The summed E-state index contributed by atoms with van der Waals surface area (Å²) in [7, 11) is 3.22. The minimum absolute atomic E-state index is 0.0125. The van der Waals surface area contributed by atoms with E-state index in [9.17, 15) is 4.79 Å². The van der Waals surface area contributed by atoms with Gasteiger partial charge in [0.15, 0.2) is 11.5 Å². The molecule has 4 heteroatoms. The smallest absolute Gasteiger partial charge is 0.227 e. The summed E-state index contributed by atoms with van der Waals surface area (Å²) in [6.45, 7) is 5.94. The maximum atomic E-state index is 12.5. The Balaban J connectivity index is 2.07. The molecule has 0 aromatic heterocycles. The molecule has 128 valence electrons. The van der Waals surface area contributed by atoms with Gasteiger partial charge >= 0.3 is 0 Å². The second kappa shape index (κ2) is 7.86. The van der Waals surface area contributed by atoms with Crippen molar-refractivity contribution >= 4 is 11.6 Å². The molecule has 0 fully saturated rings. The van der Waals surface area contributed by atoms with E-state index in [1.807, 2.05) is 57.2 Å². The van der Waals surface area contributed by atoms with Crippen LogP contribution in [-0.2, 0) is 11.2 Å². The molecule has 2 rings (SSSR count). The molecule has 0 saturated carbocycles. The summed E-state index contributed by atoms with van der Waals surface area (Å²) in [5.41, 5.74) is 4.10. The minimum Gasteiger partial charge on any atom is -0.493 e. The lowest BCUT2D eigenvalue weighted by atomic mass is 9.99. The summed E-state index contributed by atoms with van der Waals surface area (Å²) < 4.78 is 10.6. The molecule has 24 heavy (non-hydrogen) atoms. The molecule has 0 spiro atoms. The van der Waals surface area contributed by atoms with Crippen LogP contribution in [0.4, 0.5) is 5.69 Å². The van der Waals surface area contributed by atoms with Gasteiger partial charge in [-0.3, -0.25) is 4.79 Å². The number of ether oxygens (including phenoxy) is 2. The number of hydrogen-bond acceptors (Lipinski definition) is 3. The van der Waals surface area contributed by atoms with Crippen molar-refractivity contribution in [2.45, 2.75) is 27.2 Å². The van der Waals surface area contributed by atoms with Gasteiger partial charge in [-0.1, -0.05) is 25.1 Å². The Hall–Kier alpha value is -2.49. The van der Waals surface area contributed by atoms with E-state index in [0.29, 0.717) is 17.9 Å². The van der Waals surface area contributed by atoms with Crippen molar-refractivity contribution in [1.29, 1.82) is 0 Å². The molecule has 2 aromatic carbocycles. The fourth-order valence-electron chi connectivity index (χ4n) is 2.58. The quantitative estimate of drug-likeness (QED) is 0.867. The lowest BCUT2D eigenvalue weighted by molar-refractivity contribution is -0.119. The number of aryl methyl sites for hydroxylation is 2. The predicted octanol–water partition coefficient (Wildman–Crippen LogP) is 4.14. The first kappa shape index (κ1) is 17.9. The number of rotatable bonds is 6. The van der Waals surface area contributed by atoms with Crippen molar-refractivity contribution in [3.05, 3.63) is 53.1 Å². The van der Waals surface area contributed by atoms with Crippen LogP contribution in [0.5, 0.6) is 11.5 Å². The van der Waals surface area contributed by atoms with Crippen molar-refractivity contribution in [3.8, 4) is 11.5 Å². The van der Waals surface area contributed by atoms with Crippen LogP contribution in [0.2, 0.25) is 0 Å². The van der Waals surface area contributed by atoms with Gasteiger partial charge in [0.2, 0.25) is 5.91 Å². The molecule has 0 aliphatic heterocycles. The third-order valence-corrected chi connectivity index (χ3v) is 4.09. The molecule has 1 amide bonds. The Kier molecular flexibility index (Phi) is 5.85. The molecule has 0 saturated heterocycles.